The molecular weight excluding hydrogens is 266 g/mol. The monoisotopic (exact) mass is 282 g/mol. The molecular formula is C14H17ClNO3-. The van der Waals surface area contributed by atoms with E-state index in [1.54, 1.807) is 38.1 Å². The molecule has 104 valence electrons. The third kappa shape index (κ3) is 4.56. The fraction of sp³-hybridized carbons (Fsp3) is 0.429. The topological polar surface area (TPSA) is 69.2 Å². The van der Waals surface area contributed by atoms with Crippen LogP contribution in [0.15, 0.2) is 24.3 Å². The lowest BCUT2D eigenvalue weighted by Crippen LogP contribution is -2.36. The highest BCUT2D eigenvalue weighted by Crippen LogP contribution is 2.23. The van der Waals surface area contributed by atoms with E-state index in [9.17, 15) is 14.7 Å². The number of aliphatic carboxylic acids is 1. The second-order valence-corrected chi connectivity index (χ2v) is 4.95. The van der Waals surface area contributed by atoms with Crippen LogP contribution in [0.4, 0.5) is 5.69 Å². The molecule has 0 aliphatic heterocycles. The molecule has 1 aromatic rings. The van der Waals surface area contributed by atoms with Gasteiger partial charge in [0.15, 0.2) is 0 Å². The van der Waals surface area contributed by atoms with Gasteiger partial charge in [-0.2, -0.15) is 0 Å². The molecule has 4 nitrogen and oxygen atoms in total. The van der Waals surface area contributed by atoms with Gasteiger partial charge in [0, 0.05) is 18.3 Å². The molecule has 5 heteroatoms. The molecule has 0 radical (unpaired) electrons. The summed E-state index contributed by atoms with van der Waals surface area (Å²) < 4.78 is 0. The lowest BCUT2D eigenvalue weighted by Gasteiger charge is -2.23. The largest absolute Gasteiger partial charge is 0.550 e. The lowest BCUT2D eigenvalue weighted by molar-refractivity contribution is -0.313. The van der Waals surface area contributed by atoms with E-state index in [4.69, 9.17) is 11.6 Å². The van der Waals surface area contributed by atoms with Crippen molar-refractivity contribution in [2.45, 2.75) is 26.7 Å². The molecule has 0 aliphatic rings. The number of rotatable bonds is 6. The highest BCUT2D eigenvalue weighted by atomic mass is 35.5. The van der Waals surface area contributed by atoms with Crippen LogP contribution in [0.2, 0.25) is 5.02 Å². The zero-order valence-corrected chi connectivity index (χ0v) is 11.7. The van der Waals surface area contributed by atoms with Crippen LogP contribution in [0.1, 0.15) is 26.7 Å². The second kappa shape index (κ2) is 7.14. The molecule has 1 amide bonds. The second-order valence-electron chi connectivity index (χ2n) is 4.54. The molecule has 0 unspecified atom stereocenters. The Hall–Kier alpha value is -1.55. The van der Waals surface area contributed by atoms with Crippen LogP contribution < -0.4 is 10.4 Å². The van der Waals surface area contributed by atoms with Gasteiger partial charge in [-0.05, 0) is 24.5 Å². The minimum Gasteiger partial charge on any atom is -0.550 e. The minimum atomic E-state index is -1.11. The van der Waals surface area contributed by atoms with Crippen molar-refractivity contribution in [2.75, 3.05) is 5.32 Å². The summed E-state index contributed by atoms with van der Waals surface area (Å²) >= 11 is 5.93. The predicted molar refractivity (Wildman–Crippen MR) is 72.7 cm³/mol. The Morgan fingerprint density at radius 2 is 2.00 bits per heavy atom. The quantitative estimate of drug-likeness (QED) is 0.868. The molecule has 0 spiro atoms. The van der Waals surface area contributed by atoms with Gasteiger partial charge in [-0.15, -0.1) is 0 Å². The maximum Gasteiger partial charge on any atom is 0.224 e. The fourth-order valence-corrected chi connectivity index (χ4v) is 2.18. The SMILES string of the molecule is CC[C@@H](C(=O)[O-])[C@@H](C)CC(=O)Nc1ccccc1Cl. The molecule has 0 aromatic heterocycles. The van der Waals surface area contributed by atoms with Gasteiger partial charge in [0.2, 0.25) is 5.91 Å². The van der Waals surface area contributed by atoms with E-state index in [-0.39, 0.29) is 18.2 Å². The summed E-state index contributed by atoms with van der Waals surface area (Å²) in [6.07, 6.45) is 0.570. The van der Waals surface area contributed by atoms with Crippen molar-refractivity contribution >= 4 is 29.2 Å². The van der Waals surface area contributed by atoms with Crippen LogP contribution in [-0.2, 0) is 9.59 Å². The number of halogens is 1. The number of carboxylic acids is 1. The molecule has 1 N–H and O–H groups in total. The first-order valence-corrected chi connectivity index (χ1v) is 6.58. The summed E-state index contributed by atoms with van der Waals surface area (Å²) in [6.45, 7) is 3.50. The van der Waals surface area contributed by atoms with Gasteiger partial charge in [0.05, 0.1) is 10.7 Å². The van der Waals surface area contributed by atoms with E-state index < -0.39 is 11.9 Å². The van der Waals surface area contributed by atoms with E-state index in [1.807, 2.05) is 0 Å². The summed E-state index contributed by atoms with van der Waals surface area (Å²) in [5.74, 6) is -2.25. The normalized spacial score (nSPS) is 13.6. The Labute approximate surface area is 117 Å². The zero-order valence-electron chi connectivity index (χ0n) is 11.0. The number of carbonyl (C=O) groups excluding carboxylic acids is 2. The Bertz CT molecular complexity index is 462. The van der Waals surface area contributed by atoms with E-state index in [1.165, 1.54) is 0 Å². The van der Waals surface area contributed by atoms with Crippen LogP contribution in [0, 0.1) is 11.8 Å². The van der Waals surface area contributed by atoms with Crippen molar-refractivity contribution in [2.24, 2.45) is 11.8 Å². The van der Waals surface area contributed by atoms with Crippen molar-refractivity contribution in [1.82, 2.24) is 0 Å². The molecule has 0 bridgehead atoms. The van der Waals surface area contributed by atoms with Gasteiger partial charge in [-0.25, -0.2) is 0 Å². The third-order valence-corrected chi connectivity index (χ3v) is 3.41. The average Bonchev–Trinajstić information content (AvgIpc) is 2.32. The minimum absolute atomic E-state index is 0.123. The molecule has 1 rings (SSSR count). The van der Waals surface area contributed by atoms with Gasteiger partial charge in [-0.3, -0.25) is 4.79 Å². The predicted octanol–water partition coefficient (Wildman–Crippen LogP) is 2.08. The highest BCUT2D eigenvalue weighted by molar-refractivity contribution is 6.33. The highest BCUT2D eigenvalue weighted by Gasteiger charge is 2.20. The average molecular weight is 283 g/mol. The molecule has 0 aliphatic carbocycles. The van der Waals surface area contributed by atoms with Gasteiger partial charge < -0.3 is 15.2 Å². The van der Waals surface area contributed by atoms with Crippen LogP contribution in [0.25, 0.3) is 0 Å². The van der Waals surface area contributed by atoms with Crippen LogP contribution in [0.3, 0.4) is 0 Å². The Morgan fingerprint density at radius 3 is 2.53 bits per heavy atom. The molecule has 2 atom stereocenters. The van der Waals surface area contributed by atoms with Crippen molar-refractivity contribution in [1.29, 1.82) is 0 Å². The van der Waals surface area contributed by atoms with E-state index in [0.29, 0.717) is 17.1 Å². The van der Waals surface area contributed by atoms with Gasteiger partial charge in [0.25, 0.3) is 0 Å². The summed E-state index contributed by atoms with van der Waals surface area (Å²) in [5.41, 5.74) is 0.530. The number of nitrogens with one attached hydrogen (secondary N) is 1. The third-order valence-electron chi connectivity index (χ3n) is 3.08. The fourth-order valence-electron chi connectivity index (χ4n) is 2.00. The Morgan fingerprint density at radius 1 is 1.37 bits per heavy atom. The number of amides is 1. The lowest BCUT2D eigenvalue weighted by atomic mass is 9.89. The number of benzene rings is 1. The van der Waals surface area contributed by atoms with Crippen LogP contribution >= 0.6 is 11.6 Å². The summed E-state index contributed by atoms with van der Waals surface area (Å²) in [4.78, 5) is 22.7. The Kier molecular flexibility index (Phi) is 5.83. The standard InChI is InChI=1S/C14H18ClNO3/c1-3-10(14(18)19)9(2)8-13(17)16-12-7-5-4-6-11(12)15/h4-7,9-10H,3,8H2,1-2H3,(H,16,17)(H,18,19)/p-1/t9-,10+/m0/s1. The van der Waals surface area contributed by atoms with Gasteiger partial charge in [-0.1, -0.05) is 37.6 Å². The first-order chi connectivity index (χ1) is 8.95. The van der Waals surface area contributed by atoms with Crippen molar-refractivity contribution in [3.05, 3.63) is 29.3 Å². The molecule has 1 aromatic carbocycles. The number of hydrogen-bond acceptors (Lipinski definition) is 3. The van der Waals surface area contributed by atoms with E-state index in [2.05, 4.69) is 5.32 Å². The summed E-state index contributed by atoms with van der Waals surface area (Å²) in [7, 11) is 0. The zero-order chi connectivity index (χ0) is 14.4. The van der Waals surface area contributed by atoms with Crippen LogP contribution in [0.5, 0.6) is 0 Å². The maximum atomic E-state index is 11.8. The first-order valence-electron chi connectivity index (χ1n) is 6.21. The molecule has 0 saturated carbocycles. The van der Waals surface area contributed by atoms with Crippen LogP contribution in [-0.4, -0.2) is 11.9 Å². The van der Waals surface area contributed by atoms with E-state index >= 15 is 0 Å². The van der Waals surface area contributed by atoms with Crippen molar-refractivity contribution in [3.63, 3.8) is 0 Å². The van der Waals surface area contributed by atoms with E-state index in [0.717, 1.165) is 0 Å². The number of para-hydroxylation sites is 1. The van der Waals surface area contributed by atoms with Gasteiger partial charge >= 0.3 is 0 Å². The van der Waals surface area contributed by atoms with Crippen molar-refractivity contribution in [3.8, 4) is 0 Å². The molecule has 19 heavy (non-hydrogen) atoms. The summed E-state index contributed by atoms with van der Waals surface area (Å²) in [6, 6.07) is 6.91. The smallest absolute Gasteiger partial charge is 0.224 e. The molecule has 0 heterocycles. The summed E-state index contributed by atoms with van der Waals surface area (Å²) in [5, 5.41) is 14.0. The number of carboxylic acid groups (broad SMARTS) is 1. The maximum absolute atomic E-state index is 11.8. The van der Waals surface area contributed by atoms with Gasteiger partial charge in [0.1, 0.15) is 0 Å². The number of hydrogen-bond donors (Lipinski definition) is 1. The van der Waals surface area contributed by atoms with Crippen molar-refractivity contribution < 1.29 is 14.7 Å². The number of carbonyl (C=O) groups is 2. The number of anilines is 1. The Balaban J connectivity index is 2.61. The molecule has 0 fully saturated rings. The first kappa shape index (κ1) is 15.5. The molecule has 0 saturated heterocycles.